The number of halogens is 1. The number of nitrogens with one attached hydrogen (secondary N) is 1. The van der Waals surface area contributed by atoms with Gasteiger partial charge in [0.15, 0.2) is 0 Å². The maximum absolute atomic E-state index is 13.6. The molecular formula is C27H32FN5O. The molecule has 0 atom stereocenters. The maximum atomic E-state index is 13.6. The number of anilines is 2. The average Bonchev–Trinajstić information content (AvgIpc) is 2.89. The Balaban J connectivity index is 1.29. The van der Waals surface area contributed by atoms with Crippen LogP contribution < -0.4 is 15.1 Å². The molecule has 1 saturated heterocycles. The average molecular weight is 462 g/mol. The van der Waals surface area contributed by atoms with Gasteiger partial charge < -0.3 is 15.1 Å². The molecule has 6 nitrogen and oxygen atoms in total. The number of benzene rings is 2. The van der Waals surface area contributed by atoms with Crippen molar-refractivity contribution in [2.75, 3.05) is 36.0 Å². The van der Waals surface area contributed by atoms with Crippen LogP contribution in [0.2, 0.25) is 0 Å². The second-order valence-electron chi connectivity index (χ2n) is 8.59. The van der Waals surface area contributed by atoms with E-state index in [9.17, 15) is 9.18 Å². The van der Waals surface area contributed by atoms with E-state index in [1.807, 2.05) is 12.1 Å². The molecule has 1 aromatic heterocycles. The van der Waals surface area contributed by atoms with E-state index in [2.05, 4.69) is 63.2 Å². The Kier molecular flexibility index (Phi) is 7.72. The number of hydrogen-bond acceptors (Lipinski definition) is 5. The molecule has 0 aliphatic carbocycles. The fourth-order valence-corrected chi connectivity index (χ4v) is 4.44. The van der Waals surface area contributed by atoms with Crippen molar-refractivity contribution in [2.45, 2.75) is 33.2 Å². The van der Waals surface area contributed by atoms with Crippen molar-refractivity contribution in [3.05, 3.63) is 72.3 Å². The molecule has 1 fully saturated rings. The van der Waals surface area contributed by atoms with E-state index in [0.717, 1.165) is 56.0 Å². The topological polar surface area (TPSA) is 61.4 Å². The highest BCUT2D eigenvalue weighted by Gasteiger charge is 2.25. The molecule has 2 heterocycles. The lowest BCUT2D eigenvalue weighted by Crippen LogP contribution is -2.40. The van der Waals surface area contributed by atoms with Crippen LogP contribution in [-0.2, 0) is 11.3 Å². The Morgan fingerprint density at radius 1 is 1.06 bits per heavy atom. The van der Waals surface area contributed by atoms with Crippen molar-refractivity contribution in [2.24, 2.45) is 5.92 Å². The molecule has 7 heteroatoms. The largest absolute Gasteiger partial charge is 0.372 e. The lowest BCUT2D eigenvalue weighted by molar-refractivity contribution is -0.125. The molecule has 0 radical (unpaired) electrons. The van der Waals surface area contributed by atoms with E-state index >= 15 is 0 Å². The molecule has 0 spiro atoms. The van der Waals surface area contributed by atoms with Crippen LogP contribution in [0.25, 0.3) is 11.3 Å². The van der Waals surface area contributed by atoms with Gasteiger partial charge in [0.1, 0.15) is 18.0 Å². The van der Waals surface area contributed by atoms with Gasteiger partial charge in [-0.2, -0.15) is 0 Å². The zero-order chi connectivity index (χ0) is 23.9. The molecule has 0 bridgehead atoms. The number of carbonyl (C=O) groups excluding carboxylic acids is 1. The van der Waals surface area contributed by atoms with Gasteiger partial charge in [-0.15, -0.1) is 0 Å². The third kappa shape index (κ3) is 5.71. The standard InChI is InChI=1S/C27H32FN5O/c1-3-32(4-2)24-10-8-20(9-11-24)18-29-27(34)21-12-14-33(15-13-21)26-17-25(30-19-31-26)22-6-5-7-23(28)16-22/h5-11,16-17,19,21H,3-4,12-15,18H2,1-2H3,(H,29,34). The van der Waals surface area contributed by atoms with Crippen molar-refractivity contribution in [3.63, 3.8) is 0 Å². The van der Waals surface area contributed by atoms with Gasteiger partial charge >= 0.3 is 0 Å². The zero-order valence-corrected chi connectivity index (χ0v) is 19.9. The van der Waals surface area contributed by atoms with E-state index in [-0.39, 0.29) is 17.6 Å². The van der Waals surface area contributed by atoms with Crippen LogP contribution >= 0.6 is 0 Å². The molecule has 1 aliphatic heterocycles. The van der Waals surface area contributed by atoms with Gasteiger partial charge in [0, 0.05) is 56.0 Å². The van der Waals surface area contributed by atoms with Crippen molar-refractivity contribution >= 4 is 17.4 Å². The van der Waals surface area contributed by atoms with Gasteiger partial charge in [0.2, 0.25) is 5.91 Å². The van der Waals surface area contributed by atoms with Crippen LogP contribution in [0, 0.1) is 11.7 Å². The first-order valence-corrected chi connectivity index (χ1v) is 12.0. The Labute approximate surface area is 200 Å². The first kappa shape index (κ1) is 23.7. The lowest BCUT2D eigenvalue weighted by Gasteiger charge is -2.32. The normalized spacial score (nSPS) is 14.1. The molecule has 0 saturated carbocycles. The summed E-state index contributed by atoms with van der Waals surface area (Å²) in [5.41, 5.74) is 3.73. The number of amides is 1. The summed E-state index contributed by atoms with van der Waals surface area (Å²) in [6.45, 7) is 8.29. The fourth-order valence-electron chi connectivity index (χ4n) is 4.44. The summed E-state index contributed by atoms with van der Waals surface area (Å²) >= 11 is 0. The lowest BCUT2D eigenvalue weighted by atomic mass is 9.95. The predicted octanol–water partition coefficient (Wildman–Crippen LogP) is 4.66. The molecular weight excluding hydrogens is 429 g/mol. The highest BCUT2D eigenvalue weighted by atomic mass is 19.1. The van der Waals surface area contributed by atoms with E-state index in [4.69, 9.17) is 0 Å². The SMILES string of the molecule is CCN(CC)c1ccc(CNC(=O)C2CCN(c3cc(-c4cccc(F)c4)ncn3)CC2)cc1. The molecule has 1 aliphatic rings. The molecule has 1 N–H and O–H groups in total. The number of aromatic nitrogens is 2. The van der Waals surface area contributed by atoms with Crippen molar-refractivity contribution in [3.8, 4) is 11.3 Å². The number of nitrogens with zero attached hydrogens (tertiary/aromatic N) is 4. The highest BCUT2D eigenvalue weighted by molar-refractivity contribution is 5.79. The minimum absolute atomic E-state index is 0.00396. The predicted molar refractivity (Wildman–Crippen MR) is 134 cm³/mol. The smallest absolute Gasteiger partial charge is 0.223 e. The van der Waals surface area contributed by atoms with Crippen LogP contribution in [0.1, 0.15) is 32.3 Å². The van der Waals surface area contributed by atoms with Gasteiger partial charge in [-0.25, -0.2) is 14.4 Å². The molecule has 1 amide bonds. The summed E-state index contributed by atoms with van der Waals surface area (Å²) in [7, 11) is 0. The van der Waals surface area contributed by atoms with Gasteiger partial charge in [0.25, 0.3) is 0 Å². The van der Waals surface area contributed by atoms with Gasteiger partial charge in [0.05, 0.1) is 5.69 Å². The second kappa shape index (κ2) is 11.1. The fraction of sp³-hybridized carbons (Fsp3) is 0.370. The van der Waals surface area contributed by atoms with E-state index in [1.165, 1.54) is 24.1 Å². The number of piperidine rings is 1. The number of hydrogen-bond donors (Lipinski definition) is 1. The van der Waals surface area contributed by atoms with Crippen LogP contribution in [0.3, 0.4) is 0 Å². The van der Waals surface area contributed by atoms with Crippen molar-refractivity contribution in [1.82, 2.24) is 15.3 Å². The third-order valence-electron chi connectivity index (χ3n) is 6.49. The number of carbonyl (C=O) groups is 1. The Morgan fingerprint density at radius 2 is 1.79 bits per heavy atom. The summed E-state index contributed by atoms with van der Waals surface area (Å²) in [5, 5.41) is 3.10. The van der Waals surface area contributed by atoms with Crippen LogP contribution in [0.5, 0.6) is 0 Å². The van der Waals surface area contributed by atoms with Gasteiger partial charge in [-0.1, -0.05) is 24.3 Å². The Morgan fingerprint density at radius 3 is 2.47 bits per heavy atom. The van der Waals surface area contributed by atoms with Gasteiger partial charge in [-0.05, 0) is 56.5 Å². The Hall–Kier alpha value is -3.48. The molecule has 4 rings (SSSR count). The summed E-state index contributed by atoms with van der Waals surface area (Å²) in [6.07, 6.45) is 3.05. The quantitative estimate of drug-likeness (QED) is 0.529. The summed E-state index contributed by atoms with van der Waals surface area (Å²) in [5.74, 6) is 0.622. The van der Waals surface area contributed by atoms with E-state index in [0.29, 0.717) is 12.2 Å². The summed E-state index contributed by atoms with van der Waals surface area (Å²) in [4.78, 5) is 25.9. The van der Waals surface area contributed by atoms with Crippen molar-refractivity contribution < 1.29 is 9.18 Å². The highest BCUT2D eigenvalue weighted by Crippen LogP contribution is 2.25. The summed E-state index contributed by atoms with van der Waals surface area (Å²) < 4.78 is 13.6. The monoisotopic (exact) mass is 461 g/mol. The van der Waals surface area contributed by atoms with Crippen LogP contribution in [0.4, 0.5) is 15.9 Å². The molecule has 0 unspecified atom stereocenters. The van der Waals surface area contributed by atoms with Gasteiger partial charge in [-0.3, -0.25) is 4.79 Å². The second-order valence-corrected chi connectivity index (χ2v) is 8.59. The maximum Gasteiger partial charge on any atom is 0.223 e. The third-order valence-corrected chi connectivity index (χ3v) is 6.49. The molecule has 34 heavy (non-hydrogen) atoms. The zero-order valence-electron chi connectivity index (χ0n) is 19.9. The molecule has 2 aromatic carbocycles. The van der Waals surface area contributed by atoms with Crippen LogP contribution in [0.15, 0.2) is 60.9 Å². The number of rotatable bonds is 8. The van der Waals surface area contributed by atoms with E-state index in [1.54, 1.807) is 6.07 Å². The minimum Gasteiger partial charge on any atom is -0.372 e. The molecule has 178 valence electrons. The first-order valence-electron chi connectivity index (χ1n) is 12.0. The first-order chi connectivity index (χ1) is 16.6. The summed E-state index contributed by atoms with van der Waals surface area (Å²) in [6, 6.07) is 16.7. The molecule has 3 aromatic rings. The van der Waals surface area contributed by atoms with E-state index < -0.39 is 0 Å². The Bertz CT molecular complexity index is 1090. The van der Waals surface area contributed by atoms with Crippen molar-refractivity contribution in [1.29, 1.82) is 0 Å². The minimum atomic E-state index is -0.288. The van der Waals surface area contributed by atoms with Crippen LogP contribution in [-0.4, -0.2) is 42.1 Å².